The summed E-state index contributed by atoms with van der Waals surface area (Å²) in [5.41, 5.74) is 1.60. The molecule has 1 aliphatic heterocycles. The average molecular weight is 266 g/mol. The Labute approximate surface area is 119 Å². The molecular weight excluding hydrogens is 248 g/mol. The Morgan fingerprint density at radius 2 is 2.30 bits per heavy atom. The predicted octanol–water partition coefficient (Wildman–Crippen LogP) is 2.29. The van der Waals surface area contributed by atoms with Crippen molar-refractivity contribution in [1.82, 2.24) is 10.3 Å². The van der Waals surface area contributed by atoms with E-state index in [1.54, 1.807) is 0 Å². The van der Waals surface area contributed by atoms with Gasteiger partial charge >= 0.3 is 0 Å². The van der Waals surface area contributed by atoms with Crippen LogP contribution in [-0.2, 0) is 0 Å². The largest absolute Gasteiger partial charge is 0.353 e. The lowest BCUT2D eigenvalue weighted by Gasteiger charge is -2.28. The van der Waals surface area contributed by atoms with Crippen molar-refractivity contribution in [3.8, 4) is 6.07 Å². The number of pyridine rings is 1. The van der Waals surface area contributed by atoms with E-state index in [0.717, 1.165) is 42.8 Å². The molecule has 0 aliphatic carbocycles. The first kappa shape index (κ1) is 12.9. The highest BCUT2D eigenvalue weighted by Crippen LogP contribution is 2.24. The molecule has 1 unspecified atom stereocenters. The molecule has 0 amide bonds. The summed E-state index contributed by atoms with van der Waals surface area (Å²) >= 11 is 0. The molecule has 1 fully saturated rings. The van der Waals surface area contributed by atoms with E-state index in [1.165, 1.54) is 0 Å². The van der Waals surface area contributed by atoms with Crippen LogP contribution in [0.2, 0.25) is 0 Å². The van der Waals surface area contributed by atoms with E-state index >= 15 is 0 Å². The molecule has 0 saturated carbocycles. The van der Waals surface area contributed by atoms with Crippen LogP contribution in [0.5, 0.6) is 0 Å². The quantitative estimate of drug-likeness (QED) is 0.926. The molecule has 4 nitrogen and oxygen atoms in total. The Morgan fingerprint density at radius 3 is 3.00 bits per heavy atom. The van der Waals surface area contributed by atoms with E-state index in [4.69, 9.17) is 4.98 Å². The maximum atomic E-state index is 9.37. The van der Waals surface area contributed by atoms with Crippen LogP contribution >= 0.6 is 0 Å². The van der Waals surface area contributed by atoms with Crippen LogP contribution in [0.15, 0.2) is 30.3 Å². The van der Waals surface area contributed by atoms with Crippen molar-refractivity contribution in [2.45, 2.75) is 19.4 Å². The average Bonchev–Trinajstić information content (AvgIpc) is 3.01. The van der Waals surface area contributed by atoms with Gasteiger partial charge in [0.25, 0.3) is 0 Å². The van der Waals surface area contributed by atoms with Crippen LogP contribution in [-0.4, -0.2) is 30.7 Å². The minimum atomic E-state index is 0.472. The Kier molecular flexibility index (Phi) is 3.53. The summed E-state index contributed by atoms with van der Waals surface area (Å²) < 4.78 is 0. The molecule has 0 spiro atoms. The van der Waals surface area contributed by atoms with Crippen molar-refractivity contribution >= 4 is 16.7 Å². The van der Waals surface area contributed by atoms with Crippen molar-refractivity contribution in [1.29, 1.82) is 5.26 Å². The molecule has 3 rings (SSSR count). The molecule has 4 heteroatoms. The SMILES string of the molecule is CCN(c1cc(C#N)c2ccccc2n1)C1CCNC1. The van der Waals surface area contributed by atoms with Crippen LogP contribution in [0.25, 0.3) is 10.9 Å². The molecule has 2 heterocycles. The zero-order chi connectivity index (χ0) is 13.9. The lowest BCUT2D eigenvalue weighted by Crippen LogP contribution is -2.37. The first-order chi connectivity index (χ1) is 9.83. The van der Waals surface area contributed by atoms with Gasteiger partial charge in [-0.25, -0.2) is 4.98 Å². The van der Waals surface area contributed by atoms with Gasteiger partial charge in [0.05, 0.1) is 17.1 Å². The number of nitrogens with one attached hydrogen (secondary N) is 1. The van der Waals surface area contributed by atoms with Crippen molar-refractivity contribution in [2.24, 2.45) is 0 Å². The molecular formula is C16H18N4. The number of nitrogens with zero attached hydrogens (tertiary/aromatic N) is 3. The van der Waals surface area contributed by atoms with Gasteiger partial charge in [0, 0.05) is 24.5 Å². The molecule has 1 aromatic heterocycles. The van der Waals surface area contributed by atoms with E-state index in [1.807, 2.05) is 30.3 Å². The first-order valence-electron chi connectivity index (χ1n) is 7.10. The highest BCUT2D eigenvalue weighted by atomic mass is 15.2. The number of aromatic nitrogens is 1. The van der Waals surface area contributed by atoms with E-state index in [-0.39, 0.29) is 0 Å². The maximum absolute atomic E-state index is 9.37. The minimum absolute atomic E-state index is 0.472. The van der Waals surface area contributed by atoms with Crippen LogP contribution in [0, 0.1) is 11.3 Å². The van der Waals surface area contributed by atoms with Crippen molar-refractivity contribution < 1.29 is 0 Å². The molecule has 20 heavy (non-hydrogen) atoms. The highest BCUT2D eigenvalue weighted by molar-refractivity contribution is 5.86. The summed E-state index contributed by atoms with van der Waals surface area (Å²) in [6, 6.07) is 12.5. The topological polar surface area (TPSA) is 52.0 Å². The van der Waals surface area contributed by atoms with E-state index < -0.39 is 0 Å². The fraction of sp³-hybridized carbons (Fsp3) is 0.375. The molecule has 1 aliphatic rings. The molecule has 2 aromatic rings. The second kappa shape index (κ2) is 5.48. The Hall–Kier alpha value is -2.12. The number of benzene rings is 1. The third kappa shape index (κ3) is 2.21. The molecule has 0 bridgehead atoms. The second-order valence-electron chi connectivity index (χ2n) is 5.09. The van der Waals surface area contributed by atoms with Crippen molar-refractivity contribution in [3.63, 3.8) is 0 Å². The van der Waals surface area contributed by atoms with Gasteiger partial charge in [-0.05, 0) is 32.0 Å². The number of rotatable bonds is 3. The number of para-hydroxylation sites is 1. The number of fused-ring (bicyclic) bond motifs is 1. The fourth-order valence-corrected chi connectivity index (χ4v) is 2.91. The summed E-state index contributed by atoms with van der Waals surface area (Å²) in [7, 11) is 0. The summed E-state index contributed by atoms with van der Waals surface area (Å²) in [6.45, 7) is 5.09. The number of likely N-dealkylation sites (N-methyl/N-ethyl adjacent to an activating group) is 1. The van der Waals surface area contributed by atoms with Gasteiger partial charge in [-0.1, -0.05) is 18.2 Å². The number of hydrogen-bond acceptors (Lipinski definition) is 4. The molecule has 102 valence electrons. The van der Waals surface area contributed by atoms with Crippen LogP contribution in [0.4, 0.5) is 5.82 Å². The lowest BCUT2D eigenvalue weighted by molar-refractivity contribution is 0.641. The summed E-state index contributed by atoms with van der Waals surface area (Å²) in [5, 5.41) is 13.7. The molecule has 1 N–H and O–H groups in total. The van der Waals surface area contributed by atoms with Gasteiger partial charge in [0.15, 0.2) is 0 Å². The smallest absolute Gasteiger partial charge is 0.130 e. The zero-order valence-electron chi connectivity index (χ0n) is 11.6. The standard InChI is InChI=1S/C16H18N4/c1-2-20(13-7-8-18-11-13)16-9-12(10-17)14-5-3-4-6-15(14)19-16/h3-6,9,13,18H,2,7-8,11H2,1H3. The van der Waals surface area contributed by atoms with Gasteiger partial charge in [0.1, 0.15) is 5.82 Å². The van der Waals surface area contributed by atoms with Gasteiger partial charge in [-0.3, -0.25) is 0 Å². The normalized spacial score (nSPS) is 18.1. The monoisotopic (exact) mass is 266 g/mol. The maximum Gasteiger partial charge on any atom is 0.130 e. The number of anilines is 1. The molecule has 1 atom stereocenters. The van der Waals surface area contributed by atoms with E-state index in [2.05, 4.69) is 23.2 Å². The summed E-state index contributed by atoms with van der Waals surface area (Å²) in [6.07, 6.45) is 1.13. The Bertz CT molecular complexity index is 653. The molecule has 1 saturated heterocycles. The van der Waals surface area contributed by atoms with Gasteiger partial charge in [-0.15, -0.1) is 0 Å². The summed E-state index contributed by atoms with van der Waals surface area (Å²) in [5.74, 6) is 0.913. The van der Waals surface area contributed by atoms with Crippen LogP contribution in [0.1, 0.15) is 18.9 Å². The van der Waals surface area contributed by atoms with Crippen molar-refractivity contribution in [3.05, 3.63) is 35.9 Å². The zero-order valence-corrected chi connectivity index (χ0v) is 11.6. The Balaban J connectivity index is 2.08. The van der Waals surface area contributed by atoms with Gasteiger partial charge in [0.2, 0.25) is 0 Å². The molecule has 0 radical (unpaired) electrons. The van der Waals surface area contributed by atoms with Gasteiger partial charge in [-0.2, -0.15) is 5.26 Å². The number of hydrogen-bond donors (Lipinski definition) is 1. The van der Waals surface area contributed by atoms with Crippen molar-refractivity contribution in [2.75, 3.05) is 24.5 Å². The second-order valence-corrected chi connectivity index (χ2v) is 5.09. The van der Waals surface area contributed by atoms with Gasteiger partial charge < -0.3 is 10.2 Å². The molecule has 1 aromatic carbocycles. The van der Waals surface area contributed by atoms with Crippen LogP contribution < -0.4 is 10.2 Å². The predicted molar refractivity (Wildman–Crippen MR) is 80.8 cm³/mol. The summed E-state index contributed by atoms with van der Waals surface area (Å²) in [4.78, 5) is 7.05. The third-order valence-electron chi connectivity index (χ3n) is 3.93. The highest BCUT2D eigenvalue weighted by Gasteiger charge is 2.23. The first-order valence-corrected chi connectivity index (χ1v) is 7.10. The van der Waals surface area contributed by atoms with Crippen LogP contribution in [0.3, 0.4) is 0 Å². The van der Waals surface area contributed by atoms with E-state index in [0.29, 0.717) is 11.6 Å². The Morgan fingerprint density at radius 1 is 1.45 bits per heavy atom. The third-order valence-corrected chi connectivity index (χ3v) is 3.93. The van der Waals surface area contributed by atoms with E-state index in [9.17, 15) is 5.26 Å². The fourth-order valence-electron chi connectivity index (χ4n) is 2.91. The lowest BCUT2D eigenvalue weighted by atomic mass is 10.1. The number of nitriles is 1. The minimum Gasteiger partial charge on any atom is -0.353 e.